The molecule has 6 nitrogen and oxygen atoms in total. The molecule has 0 aliphatic carbocycles. The van der Waals surface area contributed by atoms with Crippen LogP contribution in [0.3, 0.4) is 0 Å². The van der Waals surface area contributed by atoms with Gasteiger partial charge in [0.25, 0.3) is 0 Å². The second kappa shape index (κ2) is 55.4. The number of hydrogen-bond acceptors (Lipinski definition) is 6. The Balaban J connectivity index is 4.10. The van der Waals surface area contributed by atoms with E-state index >= 15 is 0 Å². The molecule has 0 aromatic carbocycles. The lowest BCUT2D eigenvalue weighted by molar-refractivity contribution is -0.167. The van der Waals surface area contributed by atoms with E-state index < -0.39 is 6.10 Å². The highest BCUT2D eigenvalue weighted by molar-refractivity contribution is 5.71. The summed E-state index contributed by atoms with van der Waals surface area (Å²) < 4.78 is 16.8. The number of unbranched alkanes of at least 4 members (excludes halogenated alkanes) is 28. The van der Waals surface area contributed by atoms with Crippen LogP contribution in [0.4, 0.5) is 0 Å². The van der Waals surface area contributed by atoms with Crippen molar-refractivity contribution in [2.45, 2.75) is 284 Å². The molecular weight excluding hydrogens is 829 g/mol. The Hall–Kier alpha value is -3.15. The maximum absolute atomic E-state index is 12.7. The molecule has 0 rings (SSSR count). The lowest BCUT2D eigenvalue weighted by atomic mass is 10.0. The summed E-state index contributed by atoms with van der Waals surface area (Å²) in [4.78, 5) is 37.9. The van der Waals surface area contributed by atoms with E-state index in [4.69, 9.17) is 14.2 Å². The molecule has 0 amide bonds. The molecule has 67 heavy (non-hydrogen) atoms. The van der Waals surface area contributed by atoms with Crippen LogP contribution in [0.1, 0.15) is 278 Å². The van der Waals surface area contributed by atoms with Crippen LogP contribution in [0.25, 0.3) is 0 Å². The zero-order chi connectivity index (χ0) is 48.6. The minimum atomic E-state index is -0.775. The highest BCUT2D eigenvalue weighted by atomic mass is 16.6. The van der Waals surface area contributed by atoms with Gasteiger partial charge in [0.2, 0.25) is 0 Å². The monoisotopic (exact) mass is 935 g/mol. The van der Waals surface area contributed by atoms with Crippen molar-refractivity contribution < 1.29 is 28.6 Å². The van der Waals surface area contributed by atoms with Gasteiger partial charge in [0.1, 0.15) is 13.2 Å². The predicted molar refractivity (Wildman–Crippen MR) is 288 cm³/mol. The van der Waals surface area contributed by atoms with E-state index in [-0.39, 0.29) is 31.1 Å². The number of rotatable bonds is 51. The highest BCUT2D eigenvalue weighted by Gasteiger charge is 2.19. The molecule has 0 fully saturated rings. The van der Waals surface area contributed by atoms with E-state index in [0.717, 1.165) is 109 Å². The smallest absolute Gasteiger partial charge is 0.306 e. The zero-order valence-electron chi connectivity index (χ0n) is 44.2. The Kier molecular flexibility index (Phi) is 52.8. The normalized spacial score (nSPS) is 12.6. The summed E-state index contributed by atoms with van der Waals surface area (Å²) in [6.07, 6.45) is 70.6. The Morgan fingerprint density at radius 2 is 0.612 bits per heavy atom. The zero-order valence-corrected chi connectivity index (χ0v) is 44.2. The first-order valence-electron chi connectivity index (χ1n) is 28.4. The van der Waals surface area contributed by atoms with Crippen molar-refractivity contribution in [1.29, 1.82) is 0 Å². The van der Waals surface area contributed by atoms with E-state index in [0.29, 0.717) is 19.3 Å². The van der Waals surface area contributed by atoms with Crippen LogP contribution in [0.15, 0.2) is 72.9 Å². The average Bonchev–Trinajstić information content (AvgIpc) is 3.33. The van der Waals surface area contributed by atoms with Crippen LogP contribution in [0, 0.1) is 0 Å². The van der Waals surface area contributed by atoms with E-state index in [1.54, 1.807) is 0 Å². The Morgan fingerprint density at radius 3 is 0.985 bits per heavy atom. The van der Waals surface area contributed by atoms with Crippen LogP contribution >= 0.6 is 0 Å². The summed E-state index contributed by atoms with van der Waals surface area (Å²) in [6.45, 7) is 6.45. The summed E-state index contributed by atoms with van der Waals surface area (Å²) in [5.74, 6) is -0.884. The third kappa shape index (κ3) is 53.7. The van der Waals surface area contributed by atoms with Gasteiger partial charge in [0, 0.05) is 19.3 Å². The maximum atomic E-state index is 12.7. The second-order valence-electron chi connectivity index (χ2n) is 18.8. The molecule has 0 bridgehead atoms. The topological polar surface area (TPSA) is 78.9 Å². The second-order valence-corrected chi connectivity index (χ2v) is 18.8. The summed E-state index contributed by atoms with van der Waals surface area (Å²) in [5, 5.41) is 0. The maximum Gasteiger partial charge on any atom is 0.306 e. The number of carbonyl (C=O) groups excluding carboxylic acids is 3. The van der Waals surface area contributed by atoms with Crippen molar-refractivity contribution in [2.24, 2.45) is 0 Å². The largest absolute Gasteiger partial charge is 0.462 e. The molecule has 0 heterocycles. The van der Waals surface area contributed by atoms with Crippen LogP contribution in [0.2, 0.25) is 0 Å². The molecule has 0 aromatic heterocycles. The van der Waals surface area contributed by atoms with Crippen LogP contribution in [-0.4, -0.2) is 37.2 Å². The standard InChI is InChI=1S/C61H106O6/c1-4-7-10-13-16-19-22-23-24-25-26-27-28-29-30-31-32-33-34-35-36-37-38-39-40-43-45-48-51-54-60(63)66-57-58(67-61(64)55-52-49-46-42-21-18-15-12-9-6-3)56-65-59(62)53-50-47-44-41-20-17-14-11-8-5-2/h7,10,12,15-16,19,23-24,26-27,29-30,58H,4-6,8-9,11,13-14,17-18,20-22,25,28,31-57H2,1-3H3/b10-7-,15-12-,19-16-,24-23-,27-26-,30-29-. The number of allylic oxidation sites excluding steroid dienone is 12. The fraction of sp³-hybridized carbons (Fsp3) is 0.754. The third-order valence-electron chi connectivity index (χ3n) is 12.2. The van der Waals surface area contributed by atoms with Gasteiger partial charge in [0.05, 0.1) is 0 Å². The molecule has 0 saturated carbocycles. The van der Waals surface area contributed by atoms with Gasteiger partial charge in [-0.05, 0) is 83.5 Å². The molecule has 0 spiro atoms. The lowest BCUT2D eigenvalue weighted by Gasteiger charge is -2.18. The van der Waals surface area contributed by atoms with Crippen molar-refractivity contribution >= 4 is 17.9 Å². The summed E-state index contributed by atoms with van der Waals surface area (Å²) >= 11 is 0. The third-order valence-corrected chi connectivity index (χ3v) is 12.2. The van der Waals surface area contributed by atoms with Crippen molar-refractivity contribution in [1.82, 2.24) is 0 Å². The molecule has 0 aromatic rings. The van der Waals surface area contributed by atoms with E-state index in [2.05, 4.69) is 93.7 Å². The van der Waals surface area contributed by atoms with Gasteiger partial charge in [-0.15, -0.1) is 0 Å². The minimum Gasteiger partial charge on any atom is -0.462 e. The van der Waals surface area contributed by atoms with Crippen molar-refractivity contribution in [3.63, 3.8) is 0 Å². The number of hydrogen-bond donors (Lipinski definition) is 0. The Bertz CT molecular complexity index is 1260. The quantitative estimate of drug-likeness (QED) is 0.0262. The van der Waals surface area contributed by atoms with E-state index in [9.17, 15) is 14.4 Å². The van der Waals surface area contributed by atoms with Crippen molar-refractivity contribution in [2.75, 3.05) is 13.2 Å². The van der Waals surface area contributed by atoms with Crippen LogP contribution < -0.4 is 0 Å². The van der Waals surface area contributed by atoms with Crippen molar-refractivity contribution in [3.05, 3.63) is 72.9 Å². The molecular formula is C61H106O6. The highest BCUT2D eigenvalue weighted by Crippen LogP contribution is 2.16. The summed E-state index contributed by atoms with van der Waals surface area (Å²) in [7, 11) is 0. The van der Waals surface area contributed by atoms with Crippen LogP contribution in [-0.2, 0) is 28.6 Å². The Morgan fingerprint density at radius 1 is 0.313 bits per heavy atom. The number of carbonyl (C=O) groups is 3. The first-order valence-corrected chi connectivity index (χ1v) is 28.4. The Labute approximate surface area is 414 Å². The van der Waals surface area contributed by atoms with Crippen molar-refractivity contribution in [3.8, 4) is 0 Å². The molecule has 0 aliphatic rings. The predicted octanol–water partition coefficient (Wildman–Crippen LogP) is 19.0. The van der Waals surface area contributed by atoms with Gasteiger partial charge in [0.15, 0.2) is 6.10 Å². The fourth-order valence-electron chi connectivity index (χ4n) is 7.94. The summed E-state index contributed by atoms with van der Waals surface area (Å²) in [6, 6.07) is 0. The molecule has 386 valence electrons. The average molecular weight is 936 g/mol. The minimum absolute atomic E-state index is 0.0758. The van der Waals surface area contributed by atoms with Gasteiger partial charge in [-0.2, -0.15) is 0 Å². The lowest BCUT2D eigenvalue weighted by Crippen LogP contribution is -2.30. The van der Waals surface area contributed by atoms with Crippen LogP contribution in [0.5, 0.6) is 0 Å². The van der Waals surface area contributed by atoms with Gasteiger partial charge in [-0.25, -0.2) is 0 Å². The molecule has 0 saturated heterocycles. The molecule has 0 aliphatic heterocycles. The van der Waals surface area contributed by atoms with Gasteiger partial charge in [-0.3, -0.25) is 14.4 Å². The molecule has 6 heteroatoms. The number of esters is 3. The van der Waals surface area contributed by atoms with Gasteiger partial charge < -0.3 is 14.2 Å². The molecule has 0 N–H and O–H groups in total. The SMILES string of the molecule is CC/C=C\C/C=C\C/C=C\C/C=C\C/C=C\CCCCCCCCCCCCCCCC(=O)OCC(COC(=O)CCCCCCCCCCCC)OC(=O)CCCCCCC/C=C\CCC. The van der Waals surface area contributed by atoms with Gasteiger partial charge in [-0.1, -0.05) is 248 Å². The fourth-order valence-corrected chi connectivity index (χ4v) is 7.94. The van der Waals surface area contributed by atoms with E-state index in [1.165, 1.54) is 128 Å². The molecule has 1 unspecified atom stereocenters. The van der Waals surface area contributed by atoms with Gasteiger partial charge >= 0.3 is 17.9 Å². The molecule has 1 atom stereocenters. The molecule has 0 radical (unpaired) electrons. The first-order chi connectivity index (χ1) is 33.0. The summed E-state index contributed by atoms with van der Waals surface area (Å²) in [5.41, 5.74) is 0. The first kappa shape index (κ1) is 63.8. The van der Waals surface area contributed by atoms with E-state index in [1.807, 2.05) is 0 Å². The number of ether oxygens (including phenoxy) is 3.